The lowest BCUT2D eigenvalue weighted by Crippen LogP contribution is -2.77. The van der Waals surface area contributed by atoms with Crippen LogP contribution in [-0.4, -0.2) is 41.2 Å². The summed E-state index contributed by atoms with van der Waals surface area (Å²) in [6.45, 7) is -0.436. The van der Waals surface area contributed by atoms with Crippen LogP contribution >= 0.6 is 11.6 Å². The standard InChI is InChI=1S/C21H21ClF3N3O4/c22-14-2-1-3-15(6-14)30-8-16(29)26-20-9-19(10-20,11-20)18-28-27-17(32-18)13-4-12(5-13)7-31-21(23,24)25/h1-3,6,12-13H,4-5,7-11H2,(H,26,29). The van der Waals surface area contributed by atoms with Crippen molar-refractivity contribution in [3.05, 3.63) is 41.1 Å². The summed E-state index contributed by atoms with van der Waals surface area (Å²) in [5.74, 6) is 1.17. The van der Waals surface area contributed by atoms with Crippen LogP contribution in [0.5, 0.6) is 5.75 Å². The number of ether oxygens (including phenoxy) is 2. The van der Waals surface area contributed by atoms with Crippen molar-refractivity contribution in [1.82, 2.24) is 15.5 Å². The number of halogens is 4. The number of benzene rings is 1. The van der Waals surface area contributed by atoms with Crippen LogP contribution in [0, 0.1) is 5.92 Å². The molecule has 4 saturated carbocycles. The first-order valence-electron chi connectivity index (χ1n) is 10.4. The van der Waals surface area contributed by atoms with Gasteiger partial charge in [0.25, 0.3) is 5.91 Å². The predicted molar refractivity (Wildman–Crippen MR) is 105 cm³/mol. The lowest BCUT2D eigenvalue weighted by molar-refractivity contribution is -0.330. The molecule has 1 N–H and O–H groups in total. The summed E-state index contributed by atoms with van der Waals surface area (Å²) in [5, 5.41) is 11.9. The van der Waals surface area contributed by atoms with Crippen molar-refractivity contribution in [1.29, 1.82) is 0 Å². The van der Waals surface area contributed by atoms with Gasteiger partial charge in [0.2, 0.25) is 11.8 Å². The Hall–Kier alpha value is -2.33. The number of rotatable bonds is 8. The van der Waals surface area contributed by atoms with Crippen molar-refractivity contribution in [2.75, 3.05) is 13.2 Å². The highest BCUT2D eigenvalue weighted by Gasteiger charge is 2.71. The molecule has 1 aromatic carbocycles. The van der Waals surface area contributed by atoms with E-state index in [1.807, 2.05) is 0 Å². The van der Waals surface area contributed by atoms with E-state index < -0.39 is 6.36 Å². The summed E-state index contributed by atoms with van der Waals surface area (Å²) in [6.07, 6.45) is -1.36. The molecule has 6 rings (SSSR count). The molecule has 0 atom stereocenters. The monoisotopic (exact) mass is 471 g/mol. The van der Waals surface area contributed by atoms with Crippen molar-refractivity contribution in [3.8, 4) is 5.75 Å². The first-order chi connectivity index (χ1) is 15.1. The lowest BCUT2D eigenvalue weighted by atomic mass is 9.39. The van der Waals surface area contributed by atoms with Crippen molar-refractivity contribution in [2.45, 2.75) is 55.3 Å². The fourth-order valence-corrected chi connectivity index (χ4v) is 5.26. The fraction of sp³-hybridized carbons (Fsp3) is 0.571. The molecule has 1 amide bonds. The highest BCUT2D eigenvalue weighted by Crippen LogP contribution is 2.67. The molecular weight excluding hydrogens is 451 g/mol. The number of aromatic nitrogens is 2. The Morgan fingerprint density at radius 3 is 2.69 bits per heavy atom. The number of carbonyl (C=O) groups excluding carboxylic acids is 1. The summed E-state index contributed by atoms with van der Waals surface area (Å²) in [4.78, 5) is 12.3. The molecule has 0 radical (unpaired) electrons. The first-order valence-corrected chi connectivity index (χ1v) is 10.8. The summed E-state index contributed by atoms with van der Waals surface area (Å²) in [6, 6.07) is 6.85. The molecule has 2 bridgehead atoms. The van der Waals surface area contributed by atoms with Crippen LogP contribution in [0.1, 0.15) is 49.8 Å². The van der Waals surface area contributed by atoms with Crippen LogP contribution in [0.15, 0.2) is 28.7 Å². The van der Waals surface area contributed by atoms with Crippen LogP contribution in [0.4, 0.5) is 13.2 Å². The lowest BCUT2D eigenvalue weighted by Gasteiger charge is -2.68. The average molecular weight is 472 g/mol. The topological polar surface area (TPSA) is 86.5 Å². The molecule has 32 heavy (non-hydrogen) atoms. The van der Waals surface area contributed by atoms with Crippen LogP contribution in [0.3, 0.4) is 0 Å². The summed E-state index contributed by atoms with van der Waals surface area (Å²) < 4.78 is 51.6. The Kier molecular flexibility index (Phi) is 5.12. The Balaban J connectivity index is 1.07. The Bertz CT molecular complexity index is 1000. The maximum Gasteiger partial charge on any atom is 0.522 e. The highest BCUT2D eigenvalue weighted by atomic mass is 35.5. The van der Waals surface area contributed by atoms with Gasteiger partial charge in [-0.1, -0.05) is 17.7 Å². The zero-order valence-corrected chi connectivity index (χ0v) is 17.7. The Morgan fingerprint density at radius 2 is 2.00 bits per heavy atom. The van der Waals surface area contributed by atoms with Crippen molar-refractivity contribution < 1.29 is 31.9 Å². The van der Waals surface area contributed by atoms with Gasteiger partial charge in [0.05, 0.1) is 12.0 Å². The average Bonchev–Trinajstić information content (AvgIpc) is 3.09. The van der Waals surface area contributed by atoms with E-state index in [1.165, 1.54) is 0 Å². The number of carbonyl (C=O) groups is 1. The predicted octanol–water partition coefficient (Wildman–Crippen LogP) is 4.12. The second-order valence-electron chi connectivity index (χ2n) is 9.12. The zero-order valence-electron chi connectivity index (χ0n) is 17.0. The summed E-state index contributed by atoms with van der Waals surface area (Å²) in [5.41, 5.74) is -0.477. The van der Waals surface area contributed by atoms with Crippen molar-refractivity contribution in [3.63, 3.8) is 0 Å². The smallest absolute Gasteiger partial charge is 0.484 e. The number of hydrogen-bond donors (Lipinski definition) is 1. The quantitative estimate of drug-likeness (QED) is 0.623. The molecule has 4 aliphatic carbocycles. The number of alkyl halides is 3. The normalized spacial score (nSPS) is 30.6. The third-order valence-electron chi connectivity index (χ3n) is 6.56. The molecule has 0 saturated heterocycles. The van der Waals surface area contributed by atoms with Gasteiger partial charge in [-0.3, -0.25) is 9.53 Å². The van der Waals surface area contributed by atoms with Crippen LogP contribution in [0.2, 0.25) is 5.02 Å². The van der Waals surface area contributed by atoms with E-state index >= 15 is 0 Å². The molecule has 1 aromatic heterocycles. The molecule has 0 spiro atoms. The minimum absolute atomic E-state index is 0.0252. The van der Waals surface area contributed by atoms with Gasteiger partial charge >= 0.3 is 6.36 Å². The van der Waals surface area contributed by atoms with Gasteiger partial charge in [-0.2, -0.15) is 0 Å². The molecule has 0 unspecified atom stereocenters. The van der Waals surface area contributed by atoms with E-state index in [0.29, 0.717) is 35.4 Å². The molecule has 4 fully saturated rings. The third kappa shape index (κ3) is 4.17. The number of hydrogen-bond acceptors (Lipinski definition) is 6. The first kappa shape index (κ1) is 21.5. The number of amides is 1. The van der Waals surface area contributed by atoms with Crippen molar-refractivity contribution >= 4 is 17.5 Å². The van der Waals surface area contributed by atoms with Gasteiger partial charge in [0.15, 0.2) is 6.61 Å². The third-order valence-corrected chi connectivity index (χ3v) is 6.80. The maximum atomic E-state index is 12.3. The molecule has 11 heteroatoms. The molecule has 2 aromatic rings. The fourth-order valence-electron chi connectivity index (χ4n) is 5.08. The van der Waals surface area contributed by atoms with Gasteiger partial charge in [-0.05, 0) is 56.2 Å². The van der Waals surface area contributed by atoms with E-state index in [9.17, 15) is 18.0 Å². The molecule has 7 nitrogen and oxygen atoms in total. The van der Waals surface area contributed by atoms with Gasteiger partial charge < -0.3 is 14.5 Å². The van der Waals surface area contributed by atoms with E-state index in [1.54, 1.807) is 24.3 Å². The van der Waals surface area contributed by atoms with Crippen molar-refractivity contribution in [2.24, 2.45) is 5.92 Å². The minimum Gasteiger partial charge on any atom is -0.484 e. The Morgan fingerprint density at radius 1 is 1.25 bits per heavy atom. The SMILES string of the molecule is O=C(COc1cccc(Cl)c1)NC12CC(c3nnc(C4CC(COC(F)(F)F)C4)o3)(C1)C2. The molecule has 4 aliphatic rings. The van der Waals surface area contributed by atoms with E-state index in [-0.39, 0.29) is 41.9 Å². The van der Waals surface area contributed by atoms with Crippen LogP contribution in [0.25, 0.3) is 0 Å². The van der Waals surface area contributed by atoms with E-state index in [0.717, 1.165) is 19.3 Å². The summed E-state index contributed by atoms with van der Waals surface area (Å²) >= 11 is 5.90. The summed E-state index contributed by atoms with van der Waals surface area (Å²) in [7, 11) is 0. The molecule has 172 valence electrons. The van der Waals surface area contributed by atoms with E-state index in [4.69, 9.17) is 20.8 Å². The molecule has 0 aliphatic heterocycles. The second-order valence-corrected chi connectivity index (χ2v) is 9.56. The van der Waals surface area contributed by atoms with Gasteiger partial charge in [-0.25, -0.2) is 0 Å². The van der Waals surface area contributed by atoms with Crippen LogP contribution in [-0.2, 0) is 14.9 Å². The van der Waals surface area contributed by atoms with Crippen LogP contribution < -0.4 is 10.1 Å². The van der Waals surface area contributed by atoms with Gasteiger partial charge in [0.1, 0.15) is 5.75 Å². The van der Waals surface area contributed by atoms with Gasteiger partial charge in [-0.15, -0.1) is 23.4 Å². The van der Waals surface area contributed by atoms with E-state index in [2.05, 4.69) is 20.3 Å². The van der Waals surface area contributed by atoms with Gasteiger partial charge in [0, 0.05) is 16.5 Å². The largest absolute Gasteiger partial charge is 0.522 e. The number of nitrogens with one attached hydrogen (secondary N) is 1. The molecular formula is C21H21ClF3N3O4. The number of nitrogens with zero attached hydrogens (tertiary/aromatic N) is 2. The second kappa shape index (κ2) is 7.62. The Labute approximate surface area is 186 Å². The zero-order chi connectivity index (χ0) is 22.6. The molecule has 1 heterocycles. The minimum atomic E-state index is -4.60. The maximum absolute atomic E-state index is 12.3. The highest BCUT2D eigenvalue weighted by molar-refractivity contribution is 6.30.